The van der Waals surface area contributed by atoms with E-state index in [0.29, 0.717) is 11.3 Å². The molecule has 0 atom stereocenters. The Morgan fingerprint density at radius 3 is 3.00 bits per heavy atom. The lowest BCUT2D eigenvalue weighted by Gasteiger charge is -1.95. The highest BCUT2D eigenvalue weighted by Gasteiger charge is 2.26. The minimum absolute atomic E-state index is 0.127. The number of benzene rings is 1. The number of amides is 1. The molecule has 0 unspecified atom stereocenters. The van der Waals surface area contributed by atoms with Gasteiger partial charge in [0, 0.05) is 10.4 Å². The molecule has 0 saturated heterocycles. The van der Waals surface area contributed by atoms with Crippen molar-refractivity contribution in [3.8, 4) is 0 Å². The van der Waals surface area contributed by atoms with Crippen LogP contribution in [0, 0.1) is 5.82 Å². The van der Waals surface area contributed by atoms with E-state index in [1.54, 1.807) is 6.21 Å². The van der Waals surface area contributed by atoms with E-state index in [-0.39, 0.29) is 11.6 Å². The summed E-state index contributed by atoms with van der Waals surface area (Å²) in [6.45, 7) is 0. The van der Waals surface area contributed by atoms with Gasteiger partial charge in [-0.3, -0.25) is 4.79 Å². The van der Waals surface area contributed by atoms with Gasteiger partial charge < -0.3 is 5.32 Å². The lowest BCUT2D eigenvalue weighted by molar-refractivity contribution is -0.110. The molecular weight excluding hydrogens is 265 g/mol. The van der Waals surface area contributed by atoms with Crippen molar-refractivity contribution in [2.45, 2.75) is 0 Å². The zero-order chi connectivity index (χ0) is 13.2. The van der Waals surface area contributed by atoms with Crippen LogP contribution in [0.4, 0.5) is 10.1 Å². The number of anilines is 1. The number of rotatable bonds is 2. The molecule has 2 heterocycles. The van der Waals surface area contributed by atoms with Gasteiger partial charge in [-0.15, -0.1) is 16.4 Å². The molecule has 0 bridgehead atoms. The lowest BCUT2D eigenvalue weighted by atomic mass is 10.1. The van der Waals surface area contributed by atoms with Gasteiger partial charge >= 0.3 is 0 Å². The molecule has 2 aromatic rings. The Balaban J connectivity index is 1.93. The number of nitrogens with one attached hydrogen (secondary N) is 1. The molecule has 1 N–H and O–H groups in total. The Morgan fingerprint density at radius 1 is 1.32 bits per heavy atom. The molecule has 3 rings (SSSR count). The molecule has 19 heavy (non-hydrogen) atoms. The van der Waals surface area contributed by atoms with Crippen LogP contribution in [0.25, 0.3) is 0 Å². The smallest absolute Gasteiger partial charge is 0.276 e. The van der Waals surface area contributed by atoms with Crippen molar-refractivity contribution in [2.24, 2.45) is 10.2 Å². The van der Waals surface area contributed by atoms with E-state index in [2.05, 4.69) is 15.5 Å². The van der Waals surface area contributed by atoms with Crippen LogP contribution in [0.2, 0.25) is 0 Å². The summed E-state index contributed by atoms with van der Waals surface area (Å²) in [4.78, 5) is 12.6. The fraction of sp³-hybridized carbons (Fsp3) is 0. The molecule has 0 fully saturated rings. The first-order valence-corrected chi connectivity index (χ1v) is 6.38. The molecule has 94 valence electrons. The van der Waals surface area contributed by atoms with Crippen molar-refractivity contribution in [2.75, 3.05) is 5.32 Å². The Hall–Kier alpha value is -2.34. The summed E-state index contributed by atoms with van der Waals surface area (Å²) in [5.74, 6) is -0.783. The SMILES string of the molecule is O=C1Nc2ccc(F)cc2/C1=N\N=C/c1cccs1. The zero-order valence-electron chi connectivity index (χ0n) is 9.63. The van der Waals surface area contributed by atoms with Gasteiger partial charge in [0.2, 0.25) is 0 Å². The van der Waals surface area contributed by atoms with Gasteiger partial charge in [0.15, 0.2) is 5.71 Å². The summed E-state index contributed by atoms with van der Waals surface area (Å²) >= 11 is 1.52. The van der Waals surface area contributed by atoms with E-state index in [1.165, 1.54) is 29.5 Å². The van der Waals surface area contributed by atoms with Crippen molar-refractivity contribution < 1.29 is 9.18 Å². The fourth-order valence-corrected chi connectivity index (χ4v) is 2.31. The maximum atomic E-state index is 13.2. The van der Waals surface area contributed by atoms with E-state index < -0.39 is 5.82 Å². The molecule has 4 nitrogen and oxygen atoms in total. The van der Waals surface area contributed by atoms with Crippen LogP contribution in [0.5, 0.6) is 0 Å². The van der Waals surface area contributed by atoms with Crippen LogP contribution >= 0.6 is 11.3 Å². The average molecular weight is 273 g/mol. The van der Waals surface area contributed by atoms with Crippen molar-refractivity contribution in [1.29, 1.82) is 0 Å². The number of fused-ring (bicyclic) bond motifs is 1. The Bertz CT molecular complexity index is 692. The third-order valence-electron chi connectivity index (χ3n) is 2.59. The van der Waals surface area contributed by atoms with E-state index >= 15 is 0 Å². The van der Waals surface area contributed by atoms with E-state index in [4.69, 9.17) is 0 Å². The Labute approximate surface area is 112 Å². The molecule has 1 aromatic carbocycles. The molecule has 1 amide bonds. The second-order valence-electron chi connectivity index (χ2n) is 3.85. The predicted octanol–water partition coefficient (Wildman–Crippen LogP) is 2.66. The van der Waals surface area contributed by atoms with E-state index in [9.17, 15) is 9.18 Å². The third kappa shape index (κ3) is 2.30. The first-order chi connectivity index (χ1) is 9.24. The highest BCUT2D eigenvalue weighted by Crippen LogP contribution is 2.24. The summed E-state index contributed by atoms with van der Waals surface area (Å²) in [5.41, 5.74) is 1.12. The zero-order valence-corrected chi connectivity index (χ0v) is 10.4. The highest BCUT2D eigenvalue weighted by atomic mass is 32.1. The summed E-state index contributed by atoms with van der Waals surface area (Å²) in [6.07, 6.45) is 1.56. The van der Waals surface area contributed by atoms with Crippen LogP contribution in [-0.4, -0.2) is 17.8 Å². The van der Waals surface area contributed by atoms with Crippen LogP contribution in [0.15, 0.2) is 45.9 Å². The first-order valence-electron chi connectivity index (χ1n) is 5.50. The molecule has 1 aliphatic heterocycles. The molecule has 1 aromatic heterocycles. The van der Waals surface area contributed by atoms with Gasteiger partial charge in [-0.1, -0.05) is 6.07 Å². The maximum Gasteiger partial charge on any atom is 0.276 e. The van der Waals surface area contributed by atoms with Crippen LogP contribution in [-0.2, 0) is 4.79 Å². The summed E-state index contributed by atoms with van der Waals surface area (Å²) in [6, 6.07) is 7.85. The fourth-order valence-electron chi connectivity index (χ4n) is 1.73. The Kier molecular flexibility index (Phi) is 2.92. The van der Waals surface area contributed by atoms with Crippen molar-refractivity contribution >= 4 is 34.9 Å². The van der Waals surface area contributed by atoms with Crippen molar-refractivity contribution in [1.82, 2.24) is 0 Å². The standard InChI is InChI=1S/C13H8FN3OS/c14-8-3-4-11-10(6-8)12(13(18)16-11)17-15-7-9-2-1-5-19-9/h1-7H,(H,16,17,18)/b15-7-. The number of carbonyl (C=O) groups is 1. The molecule has 0 radical (unpaired) electrons. The number of halogens is 1. The largest absolute Gasteiger partial charge is 0.320 e. The van der Waals surface area contributed by atoms with Gasteiger partial charge in [0.1, 0.15) is 5.82 Å². The molecule has 1 aliphatic rings. The van der Waals surface area contributed by atoms with Gasteiger partial charge in [0.25, 0.3) is 5.91 Å². The van der Waals surface area contributed by atoms with Crippen molar-refractivity contribution in [3.63, 3.8) is 0 Å². The molecule has 0 saturated carbocycles. The quantitative estimate of drug-likeness (QED) is 0.663. The Morgan fingerprint density at radius 2 is 2.21 bits per heavy atom. The average Bonchev–Trinajstić information content (AvgIpc) is 2.99. The topological polar surface area (TPSA) is 53.8 Å². The monoisotopic (exact) mass is 273 g/mol. The summed E-state index contributed by atoms with van der Waals surface area (Å²) in [7, 11) is 0. The van der Waals surface area contributed by atoms with Crippen LogP contribution in [0.1, 0.15) is 10.4 Å². The summed E-state index contributed by atoms with van der Waals surface area (Å²) in [5, 5.41) is 12.3. The number of hydrogen-bond acceptors (Lipinski definition) is 4. The van der Waals surface area contributed by atoms with Crippen LogP contribution < -0.4 is 5.32 Å². The molecule has 0 spiro atoms. The number of nitrogens with zero attached hydrogens (tertiary/aromatic N) is 2. The number of thiophene rings is 1. The second-order valence-corrected chi connectivity index (χ2v) is 4.83. The maximum absolute atomic E-state index is 13.2. The third-order valence-corrected chi connectivity index (χ3v) is 3.39. The van der Waals surface area contributed by atoms with E-state index in [1.807, 2.05) is 17.5 Å². The minimum atomic E-state index is -0.412. The predicted molar refractivity (Wildman–Crippen MR) is 73.5 cm³/mol. The number of carbonyl (C=O) groups excluding carboxylic acids is 1. The van der Waals surface area contributed by atoms with Crippen molar-refractivity contribution in [3.05, 3.63) is 52.0 Å². The molecular formula is C13H8FN3OS. The van der Waals surface area contributed by atoms with Gasteiger partial charge in [-0.05, 0) is 29.6 Å². The normalized spacial score (nSPS) is 16.1. The lowest BCUT2D eigenvalue weighted by Crippen LogP contribution is -2.13. The molecule has 6 heteroatoms. The minimum Gasteiger partial charge on any atom is -0.320 e. The van der Waals surface area contributed by atoms with Gasteiger partial charge in [0.05, 0.1) is 11.9 Å². The first kappa shape index (κ1) is 11.7. The van der Waals surface area contributed by atoms with E-state index in [0.717, 1.165) is 4.88 Å². The van der Waals surface area contributed by atoms with Gasteiger partial charge in [-0.25, -0.2) is 4.39 Å². The second kappa shape index (κ2) is 4.74. The highest BCUT2D eigenvalue weighted by molar-refractivity contribution is 7.11. The molecule has 0 aliphatic carbocycles. The van der Waals surface area contributed by atoms with Gasteiger partial charge in [-0.2, -0.15) is 5.10 Å². The van der Waals surface area contributed by atoms with Crippen LogP contribution in [0.3, 0.4) is 0 Å². The summed E-state index contributed by atoms with van der Waals surface area (Å²) < 4.78 is 13.2. The number of hydrogen-bond donors (Lipinski definition) is 1.